The molecule has 2 aromatic carbocycles. The molecule has 3 amide bonds. The maximum atomic E-state index is 13.1. The normalized spacial score (nSPS) is 19.0. The summed E-state index contributed by atoms with van der Waals surface area (Å²) in [4.78, 5) is 26.2. The third kappa shape index (κ3) is 4.28. The molecule has 0 aliphatic carbocycles. The fraction of sp³-hybridized carbons (Fsp3) is 0.364. The number of aryl methyl sites for hydroxylation is 2. The highest BCUT2D eigenvalue weighted by Gasteiger charge is 2.32. The Bertz CT molecular complexity index is 1170. The Morgan fingerprint density at radius 3 is 2.50 bits per heavy atom. The Balaban J connectivity index is 1.42. The van der Waals surface area contributed by atoms with Crippen LogP contribution in [0.3, 0.4) is 0 Å². The summed E-state index contributed by atoms with van der Waals surface area (Å²) in [6.45, 7) is 6.45. The van der Waals surface area contributed by atoms with E-state index in [1.54, 1.807) is 17.9 Å². The van der Waals surface area contributed by atoms with Gasteiger partial charge in [0.1, 0.15) is 5.75 Å². The first-order valence-electron chi connectivity index (χ1n) is 10.4. The first-order chi connectivity index (χ1) is 15.1. The highest BCUT2D eigenvalue weighted by Crippen LogP contribution is 2.33. The fourth-order valence-corrected chi connectivity index (χ4v) is 5.23. The molecule has 1 saturated heterocycles. The van der Waals surface area contributed by atoms with Crippen molar-refractivity contribution in [2.24, 2.45) is 0 Å². The van der Waals surface area contributed by atoms with Crippen molar-refractivity contribution >= 4 is 33.3 Å². The van der Waals surface area contributed by atoms with Crippen LogP contribution in [-0.2, 0) is 14.8 Å². The van der Waals surface area contributed by atoms with E-state index in [1.807, 2.05) is 32.0 Å². The molecule has 1 fully saturated rings. The molecule has 0 radical (unpaired) electrons. The number of urea groups is 1. The second-order valence-corrected chi connectivity index (χ2v) is 9.98. The Kier molecular flexibility index (Phi) is 5.83. The number of nitrogens with zero attached hydrogens (tertiary/aromatic N) is 2. The number of fused-ring (bicyclic) bond motifs is 1. The van der Waals surface area contributed by atoms with E-state index in [2.05, 4.69) is 10.6 Å². The van der Waals surface area contributed by atoms with Crippen LogP contribution in [0, 0.1) is 13.8 Å². The molecule has 9 nitrogen and oxygen atoms in total. The third-order valence-corrected chi connectivity index (χ3v) is 7.56. The molecular formula is C22H26N4O5S. The standard InChI is InChI=1S/C22H26N4O5S/c1-14-4-6-18(15(2)12-14)24-22(28)25-8-10-26(11-9-25)32(29,30)17-5-7-20-19(13-17)23-21(27)16(3)31-20/h4-7,12-13,16H,8-11H2,1-3H3,(H,23,27)(H,24,28)/t16-/m1/s1. The lowest BCUT2D eigenvalue weighted by Gasteiger charge is -2.34. The number of carbonyl (C=O) groups is 2. The van der Waals surface area contributed by atoms with Gasteiger partial charge in [0.2, 0.25) is 10.0 Å². The molecule has 0 saturated carbocycles. The number of carbonyl (C=O) groups excluding carboxylic acids is 2. The predicted octanol–water partition coefficient (Wildman–Crippen LogP) is 2.56. The van der Waals surface area contributed by atoms with Gasteiger partial charge in [-0.3, -0.25) is 4.79 Å². The average Bonchev–Trinajstić information content (AvgIpc) is 2.76. The van der Waals surface area contributed by atoms with Crippen molar-refractivity contribution in [3.05, 3.63) is 47.5 Å². The molecule has 2 N–H and O–H groups in total. The first kappa shape index (κ1) is 22.1. The molecule has 170 valence electrons. The van der Waals surface area contributed by atoms with Gasteiger partial charge in [-0.25, -0.2) is 13.2 Å². The van der Waals surface area contributed by atoms with Gasteiger partial charge in [-0.1, -0.05) is 17.7 Å². The van der Waals surface area contributed by atoms with Gasteiger partial charge in [-0.2, -0.15) is 4.31 Å². The number of amides is 3. The fourth-order valence-electron chi connectivity index (χ4n) is 3.78. The van der Waals surface area contributed by atoms with E-state index < -0.39 is 16.1 Å². The monoisotopic (exact) mass is 458 g/mol. The van der Waals surface area contributed by atoms with Crippen molar-refractivity contribution in [3.63, 3.8) is 0 Å². The van der Waals surface area contributed by atoms with Crippen LogP contribution in [0.5, 0.6) is 5.75 Å². The van der Waals surface area contributed by atoms with Gasteiger partial charge >= 0.3 is 6.03 Å². The van der Waals surface area contributed by atoms with Crippen LogP contribution in [0.1, 0.15) is 18.1 Å². The van der Waals surface area contributed by atoms with Crippen LogP contribution in [0.15, 0.2) is 41.3 Å². The van der Waals surface area contributed by atoms with Crippen molar-refractivity contribution in [3.8, 4) is 5.75 Å². The number of ether oxygens (including phenoxy) is 1. The largest absolute Gasteiger partial charge is 0.479 e. The van der Waals surface area contributed by atoms with Crippen LogP contribution in [0.25, 0.3) is 0 Å². The van der Waals surface area contributed by atoms with E-state index >= 15 is 0 Å². The molecule has 0 bridgehead atoms. The summed E-state index contributed by atoms with van der Waals surface area (Å²) in [5, 5.41) is 5.57. The molecule has 2 aliphatic rings. The number of benzene rings is 2. The van der Waals surface area contributed by atoms with Crippen molar-refractivity contribution in [2.75, 3.05) is 36.8 Å². The minimum Gasteiger partial charge on any atom is -0.479 e. The molecule has 2 aromatic rings. The van der Waals surface area contributed by atoms with Crippen LogP contribution in [0.2, 0.25) is 0 Å². The van der Waals surface area contributed by atoms with Gasteiger partial charge < -0.3 is 20.3 Å². The number of sulfonamides is 1. The molecule has 0 unspecified atom stereocenters. The quantitative estimate of drug-likeness (QED) is 0.735. The van der Waals surface area contributed by atoms with Crippen LogP contribution in [-0.4, -0.2) is 61.8 Å². The van der Waals surface area contributed by atoms with Crippen molar-refractivity contribution in [1.29, 1.82) is 0 Å². The molecule has 2 aliphatic heterocycles. The number of rotatable bonds is 3. The van der Waals surface area contributed by atoms with Gasteiger partial charge in [-0.05, 0) is 50.6 Å². The van der Waals surface area contributed by atoms with E-state index in [-0.39, 0.29) is 43.0 Å². The van der Waals surface area contributed by atoms with E-state index in [4.69, 9.17) is 4.74 Å². The third-order valence-electron chi connectivity index (χ3n) is 5.67. The Morgan fingerprint density at radius 2 is 1.81 bits per heavy atom. The average molecular weight is 459 g/mol. The maximum Gasteiger partial charge on any atom is 0.321 e. The Hall–Kier alpha value is -3.11. The van der Waals surface area contributed by atoms with Crippen LogP contribution < -0.4 is 15.4 Å². The van der Waals surface area contributed by atoms with Crippen molar-refractivity contribution in [2.45, 2.75) is 31.8 Å². The summed E-state index contributed by atoms with van der Waals surface area (Å²) < 4.78 is 33.1. The predicted molar refractivity (Wildman–Crippen MR) is 120 cm³/mol. The molecule has 2 heterocycles. The molecule has 0 aromatic heterocycles. The van der Waals surface area contributed by atoms with Gasteiger partial charge in [-0.15, -0.1) is 0 Å². The smallest absolute Gasteiger partial charge is 0.321 e. The summed E-state index contributed by atoms with van der Waals surface area (Å²) in [6.07, 6.45) is -0.632. The molecule has 10 heteroatoms. The summed E-state index contributed by atoms with van der Waals surface area (Å²) in [5.41, 5.74) is 3.16. The lowest BCUT2D eigenvalue weighted by molar-refractivity contribution is -0.122. The number of hydrogen-bond donors (Lipinski definition) is 2. The van der Waals surface area contributed by atoms with E-state index in [9.17, 15) is 18.0 Å². The number of hydrogen-bond acceptors (Lipinski definition) is 5. The van der Waals surface area contributed by atoms with Crippen molar-refractivity contribution < 1.29 is 22.7 Å². The minimum atomic E-state index is -3.78. The zero-order valence-electron chi connectivity index (χ0n) is 18.2. The zero-order chi connectivity index (χ0) is 23.0. The topological polar surface area (TPSA) is 108 Å². The minimum absolute atomic E-state index is 0.0721. The second kappa shape index (κ2) is 8.44. The summed E-state index contributed by atoms with van der Waals surface area (Å²) in [7, 11) is -3.78. The lowest BCUT2D eigenvalue weighted by Crippen LogP contribution is -2.51. The zero-order valence-corrected chi connectivity index (χ0v) is 19.0. The van der Waals surface area contributed by atoms with Crippen LogP contribution >= 0.6 is 0 Å². The molecule has 32 heavy (non-hydrogen) atoms. The SMILES string of the molecule is Cc1ccc(NC(=O)N2CCN(S(=O)(=O)c3ccc4c(c3)NC(=O)[C@@H](C)O4)CC2)c(C)c1. The van der Waals surface area contributed by atoms with Crippen LogP contribution in [0.4, 0.5) is 16.2 Å². The summed E-state index contributed by atoms with van der Waals surface area (Å²) in [6, 6.07) is 9.96. The van der Waals surface area contributed by atoms with Gasteiger partial charge in [0.15, 0.2) is 6.10 Å². The Labute approximate surface area is 187 Å². The Morgan fingerprint density at radius 1 is 1.09 bits per heavy atom. The first-order valence-corrected chi connectivity index (χ1v) is 11.8. The highest BCUT2D eigenvalue weighted by molar-refractivity contribution is 7.89. The second-order valence-electron chi connectivity index (χ2n) is 8.05. The van der Waals surface area contributed by atoms with Crippen molar-refractivity contribution in [1.82, 2.24) is 9.21 Å². The van der Waals surface area contributed by atoms with E-state index in [1.165, 1.54) is 16.4 Å². The molecule has 0 spiro atoms. The van der Waals surface area contributed by atoms with E-state index in [0.29, 0.717) is 11.4 Å². The van der Waals surface area contributed by atoms with E-state index in [0.717, 1.165) is 16.8 Å². The summed E-state index contributed by atoms with van der Waals surface area (Å²) >= 11 is 0. The summed E-state index contributed by atoms with van der Waals surface area (Å²) in [5.74, 6) is 0.111. The van der Waals surface area contributed by atoms with Gasteiger partial charge in [0.25, 0.3) is 5.91 Å². The number of nitrogens with one attached hydrogen (secondary N) is 2. The molecule has 1 atom stereocenters. The van der Waals surface area contributed by atoms with Gasteiger partial charge in [0, 0.05) is 31.9 Å². The lowest BCUT2D eigenvalue weighted by atomic mass is 10.1. The number of anilines is 2. The highest BCUT2D eigenvalue weighted by atomic mass is 32.2. The molecule has 4 rings (SSSR count). The van der Waals surface area contributed by atoms with Gasteiger partial charge in [0.05, 0.1) is 10.6 Å². The maximum absolute atomic E-state index is 13.1. The number of piperazine rings is 1. The molecular weight excluding hydrogens is 432 g/mol.